The highest BCUT2D eigenvalue weighted by Gasteiger charge is 2.44. The fourth-order valence-electron chi connectivity index (χ4n) is 5.46. The van der Waals surface area contributed by atoms with Gasteiger partial charge in [-0.15, -0.1) is 0 Å². The molecule has 1 fully saturated rings. The highest BCUT2D eigenvalue weighted by atomic mass is 16.3. The summed E-state index contributed by atoms with van der Waals surface area (Å²) in [5.41, 5.74) is 3.70. The number of hydrogen-bond donors (Lipinski definition) is 3. The van der Waals surface area contributed by atoms with Crippen LogP contribution in [0.25, 0.3) is 11.1 Å². The molecule has 5 heteroatoms. The van der Waals surface area contributed by atoms with Gasteiger partial charge in [0.25, 0.3) is 11.8 Å². The first kappa shape index (κ1) is 23.9. The summed E-state index contributed by atoms with van der Waals surface area (Å²) in [4.78, 5) is 25.8. The summed E-state index contributed by atoms with van der Waals surface area (Å²) in [6, 6.07) is 25.9. The fourth-order valence-corrected chi connectivity index (χ4v) is 5.46. The lowest BCUT2D eigenvalue weighted by Gasteiger charge is -2.25. The minimum absolute atomic E-state index is 0.228. The molecule has 5 rings (SSSR count). The molecule has 3 N–H and O–H groups in total. The molecule has 0 radical (unpaired) electrons. The predicted octanol–water partition coefficient (Wildman–Crippen LogP) is 6.28. The first-order chi connectivity index (χ1) is 17.4. The van der Waals surface area contributed by atoms with Crippen LogP contribution in [0, 0.1) is 0 Å². The molecule has 0 spiro atoms. The first-order valence-electron chi connectivity index (χ1n) is 12.7. The van der Waals surface area contributed by atoms with E-state index in [1.54, 1.807) is 6.92 Å². The molecule has 184 valence electrons. The Morgan fingerprint density at radius 3 is 2.36 bits per heavy atom. The van der Waals surface area contributed by atoms with Gasteiger partial charge in [-0.3, -0.25) is 9.59 Å². The molecule has 0 saturated heterocycles. The second kappa shape index (κ2) is 10.0. The summed E-state index contributed by atoms with van der Waals surface area (Å²) >= 11 is 0. The zero-order valence-corrected chi connectivity index (χ0v) is 20.6. The first-order valence-corrected chi connectivity index (χ1v) is 12.7. The van der Waals surface area contributed by atoms with Gasteiger partial charge in [0.1, 0.15) is 11.3 Å². The summed E-state index contributed by atoms with van der Waals surface area (Å²) in [6.45, 7) is 1.74. The fraction of sp³-hybridized carbons (Fsp3) is 0.290. The minimum atomic E-state index is -1.07. The topological polar surface area (TPSA) is 78.4 Å². The molecule has 2 amide bonds. The summed E-state index contributed by atoms with van der Waals surface area (Å²) in [5, 5.41) is 16.6. The monoisotopic (exact) mass is 480 g/mol. The largest absolute Gasteiger partial charge is 0.509 e. The standard InChI is InChI=1S/C31H32N2O3/c1-31(20-21-9-8-14-25(19-21)23-12-6-3-7-13-23)28(34)27(30(36)33-31)29(35)32-26-17-15-24(16-18-26)22-10-4-2-5-11-22/h3,6-9,12-19,22,34H,2,4-5,10-11,20H2,1H3,(H,32,35)(H,33,36). The maximum absolute atomic E-state index is 13.0. The predicted molar refractivity (Wildman–Crippen MR) is 143 cm³/mol. The number of aliphatic hydroxyl groups is 1. The third-order valence-electron chi connectivity index (χ3n) is 7.44. The van der Waals surface area contributed by atoms with Crippen molar-refractivity contribution in [2.75, 3.05) is 5.32 Å². The maximum atomic E-state index is 13.0. The van der Waals surface area contributed by atoms with Crippen LogP contribution in [0.5, 0.6) is 0 Å². The Bertz CT molecular complexity index is 1290. The van der Waals surface area contributed by atoms with Gasteiger partial charge in [0.05, 0.1) is 5.54 Å². The lowest BCUT2D eigenvalue weighted by molar-refractivity contribution is -0.121. The van der Waals surface area contributed by atoms with Gasteiger partial charge in [-0.2, -0.15) is 0 Å². The Morgan fingerprint density at radius 2 is 1.64 bits per heavy atom. The van der Waals surface area contributed by atoms with E-state index >= 15 is 0 Å². The highest BCUT2D eigenvalue weighted by molar-refractivity contribution is 6.24. The molecule has 3 aromatic carbocycles. The van der Waals surface area contributed by atoms with E-state index in [4.69, 9.17) is 0 Å². The molecule has 0 bridgehead atoms. The van der Waals surface area contributed by atoms with Crippen molar-refractivity contribution in [3.63, 3.8) is 0 Å². The van der Waals surface area contributed by atoms with Gasteiger partial charge in [-0.05, 0) is 60.1 Å². The van der Waals surface area contributed by atoms with Crippen molar-refractivity contribution in [3.05, 3.63) is 101 Å². The van der Waals surface area contributed by atoms with Crippen LogP contribution in [0.2, 0.25) is 0 Å². The summed E-state index contributed by atoms with van der Waals surface area (Å²) < 4.78 is 0. The van der Waals surface area contributed by atoms with E-state index in [2.05, 4.69) is 22.8 Å². The van der Waals surface area contributed by atoms with Crippen LogP contribution in [0.15, 0.2) is 90.2 Å². The van der Waals surface area contributed by atoms with E-state index in [1.807, 2.05) is 66.7 Å². The second-order valence-corrected chi connectivity index (χ2v) is 10.2. The van der Waals surface area contributed by atoms with E-state index < -0.39 is 17.4 Å². The molecule has 1 unspecified atom stereocenters. The van der Waals surface area contributed by atoms with Gasteiger partial charge in [-0.25, -0.2) is 0 Å². The number of anilines is 1. The lowest BCUT2D eigenvalue weighted by Crippen LogP contribution is -2.43. The lowest BCUT2D eigenvalue weighted by atomic mass is 9.84. The van der Waals surface area contributed by atoms with Crippen LogP contribution in [0.3, 0.4) is 0 Å². The van der Waals surface area contributed by atoms with Crippen LogP contribution in [0.4, 0.5) is 5.69 Å². The van der Waals surface area contributed by atoms with Crippen molar-refractivity contribution >= 4 is 17.5 Å². The van der Waals surface area contributed by atoms with Crippen LogP contribution in [-0.4, -0.2) is 22.5 Å². The van der Waals surface area contributed by atoms with E-state index in [1.165, 1.54) is 37.7 Å². The van der Waals surface area contributed by atoms with E-state index in [-0.39, 0.29) is 11.3 Å². The van der Waals surface area contributed by atoms with Gasteiger partial charge in [0.2, 0.25) is 0 Å². The van der Waals surface area contributed by atoms with Crippen LogP contribution in [0.1, 0.15) is 56.1 Å². The molecule has 1 saturated carbocycles. The number of carbonyl (C=O) groups excluding carboxylic acids is 2. The Labute approximate surface area is 212 Å². The Hall–Kier alpha value is -3.86. The third-order valence-corrected chi connectivity index (χ3v) is 7.44. The molecule has 3 aromatic rings. The summed E-state index contributed by atoms with van der Waals surface area (Å²) in [5.74, 6) is -0.811. The Morgan fingerprint density at radius 1 is 0.944 bits per heavy atom. The van der Waals surface area contributed by atoms with Gasteiger partial charge >= 0.3 is 0 Å². The molecule has 1 aliphatic carbocycles. The molecule has 0 aromatic heterocycles. The summed E-state index contributed by atoms with van der Waals surface area (Å²) in [7, 11) is 0. The van der Waals surface area contributed by atoms with Crippen molar-refractivity contribution < 1.29 is 14.7 Å². The average molecular weight is 481 g/mol. The van der Waals surface area contributed by atoms with Gasteiger partial charge in [0, 0.05) is 12.1 Å². The van der Waals surface area contributed by atoms with Crippen molar-refractivity contribution in [2.45, 2.75) is 56.9 Å². The van der Waals surface area contributed by atoms with Crippen molar-refractivity contribution in [1.29, 1.82) is 0 Å². The average Bonchev–Trinajstić information content (AvgIpc) is 3.12. The van der Waals surface area contributed by atoms with E-state index in [9.17, 15) is 14.7 Å². The SMILES string of the molecule is CC1(Cc2cccc(-c3ccccc3)c2)NC(=O)C(C(=O)Nc2ccc(C3CCCCC3)cc2)=C1O. The summed E-state index contributed by atoms with van der Waals surface area (Å²) in [6.07, 6.45) is 6.61. The maximum Gasteiger partial charge on any atom is 0.264 e. The van der Waals surface area contributed by atoms with Crippen LogP contribution in [-0.2, 0) is 16.0 Å². The number of nitrogens with one attached hydrogen (secondary N) is 2. The number of rotatable bonds is 6. The molecule has 1 atom stereocenters. The molecular weight excluding hydrogens is 448 g/mol. The van der Waals surface area contributed by atoms with E-state index in [0.717, 1.165) is 16.7 Å². The normalized spacial score (nSPS) is 20.3. The molecule has 1 heterocycles. The second-order valence-electron chi connectivity index (χ2n) is 10.2. The van der Waals surface area contributed by atoms with Crippen molar-refractivity contribution in [3.8, 4) is 11.1 Å². The quantitative estimate of drug-likeness (QED) is 0.363. The number of amides is 2. The number of hydrogen-bond acceptors (Lipinski definition) is 3. The zero-order valence-electron chi connectivity index (χ0n) is 20.6. The third kappa shape index (κ3) is 4.92. The number of aliphatic hydroxyl groups excluding tert-OH is 1. The molecule has 1 aliphatic heterocycles. The highest BCUT2D eigenvalue weighted by Crippen LogP contribution is 2.34. The molecule has 36 heavy (non-hydrogen) atoms. The van der Waals surface area contributed by atoms with Crippen molar-refractivity contribution in [2.24, 2.45) is 0 Å². The molecule has 5 nitrogen and oxygen atoms in total. The van der Waals surface area contributed by atoms with E-state index in [0.29, 0.717) is 18.0 Å². The van der Waals surface area contributed by atoms with Crippen molar-refractivity contribution in [1.82, 2.24) is 5.32 Å². The van der Waals surface area contributed by atoms with Crippen LogP contribution >= 0.6 is 0 Å². The minimum Gasteiger partial charge on any atom is -0.509 e. The van der Waals surface area contributed by atoms with Gasteiger partial charge in [-0.1, -0.05) is 86.0 Å². The Balaban J connectivity index is 1.31. The van der Waals surface area contributed by atoms with Gasteiger partial charge in [0.15, 0.2) is 0 Å². The molecule has 2 aliphatic rings. The smallest absolute Gasteiger partial charge is 0.264 e. The van der Waals surface area contributed by atoms with Crippen LogP contribution < -0.4 is 10.6 Å². The number of benzene rings is 3. The van der Waals surface area contributed by atoms with Gasteiger partial charge < -0.3 is 15.7 Å². The zero-order chi connectivity index (χ0) is 25.1. The number of carbonyl (C=O) groups is 2. The molecular formula is C31H32N2O3. The Kier molecular flexibility index (Phi) is 6.64.